The van der Waals surface area contributed by atoms with Crippen molar-refractivity contribution in [1.82, 2.24) is 4.98 Å². The molecule has 0 aliphatic carbocycles. The molecular weight excluding hydrogens is 304 g/mol. The number of nitrogen functional groups attached to an aromatic ring is 1. The van der Waals surface area contributed by atoms with Crippen molar-refractivity contribution in [3.63, 3.8) is 0 Å². The van der Waals surface area contributed by atoms with Gasteiger partial charge in [0, 0.05) is 10.8 Å². The number of esters is 1. The van der Waals surface area contributed by atoms with Crippen LogP contribution in [0.1, 0.15) is 10.5 Å². The predicted octanol–water partition coefficient (Wildman–Crippen LogP) is 4.02. The van der Waals surface area contributed by atoms with Gasteiger partial charge in [-0.2, -0.15) is 0 Å². The SMILES string of the molecule is COC(=O)c1cc(-c2ccc3occc3c2)c2cccc(N)c2n1. The molecule has 0 bridgehead atoms. The number of nitrogens with two attached hydrogens (primary N) is 1. The molecular formula is C19H14N2O3. The first-order chi connectivity index (χ1) is 11.7. The lowest BCUT2D eigenvalue weighted by Gasteiger charge is -2.10. The highest BCUT2D eigenvalue weighted by molar-refractivity contribution is 6.04. The monoisotopic (exact) mass is 318 g/mol. The van der Waals surface area contributed by atoms with Crippen LogP contribution in [0.3, 0.4) is 0 Å². The van der Waals surface area contributed by atoms with E-state index in [0.29, 0.717) is 11.2 Å². The van der Waals surface area contributed by atoms with Crippen LogP contribution in [0.5, 0.6) is 0 Å². The molecule has 0 fully saturated rings. The Morgan fingerprint density at radius 2 is 2.04 bits per heavy atom. The molecule has 2 aromatic heterocycles. The average Bonchev–Trinajstić information content (AvgIpc) is 3.08. The molecule has 0 atom stereocenters. The van der Waals surface area contributed by atoms with E-state index >= 15 is 0 Å². The summed E-state index contributed by atoms with van der Waals surface area (Å²) in [6.45, 7) is 0. The summed E-state index contributed by atoms with van der Waals surface area (Å²) < 4.78 is 10.2. The Morgan fingerprint density at radius 3 is 2.88 bits per heavy atom. The van der Waals surface area contributed by atoms with Crippen LogP contribution in [0.25, 0.3) is 33.0 Å². The molecule has 24 heavy (non-hydrogen) atoms. The molecule has 0 spiro atoms. The van der Waals surface area contributed by atoms with E-state index in [9.17, 15) is 4.79 Å². The van der Waals surface area contributed by atoms with Gasteiger partial charge in [0.1, 0.15) is 11.3 Å². The summed E-state index contributed by atoms with van der Waals surface area (Å²) in [6.07, 6.45) is 1.65. The third-order valence-corrected chi connectivity index (χ3v) is 4.03. The second-order valence-electron chi connectivity index (χ2n) is 5.46. The lowest BCUT2D eigenvalue weighted by atomic mass is 9.98. The maximum atomic E-state index is 12.0. The number of methoxy groups -OCH3 is 1. The number of pyridine rings is 1. The van der Waals surface area contributed by atoms with Crippen molar-refractivity contribution in [2.75, 3.05) is 12.8 Å². The fraction of sp³-hybridized carbons (Fsp3) is 0.0526. The van der Waals surface area contributed by atoms with Gasteiger partial charge in [0.2, 0.25) is 0 Å². The van der Waals surface area contributed by atoms with Crippen molar-refractivity contribution >= 4 is 33.5 Å². The van der Waals surface area contributed by atoms with Gasteiger partial charge >= 0.3 is 5.97 Å². The molecule has 0 unspecified atom stereocenters. The van der Waals surface area contributed by atoms with E-state index in [0.717, 1.165) is 27.5 Å². The van der Waals surface area contributed by atoms with Crippen molar-refractivity contribution in [3.8, 4) is 11.1 Å². The highest BCUT2D eigenvalue weighted by Gasteiger charge is 2.15. The predicted molar refractivity (Wildman–Crippen MR) is 92.7 cm³/mol. The van der Waals surface area contributed by atoms with Crippen molar-refractivity contribution in [3.05, 3.63) is 60.5 Å². The van der Waals surface area contributed by atoms with E-state index in [1.807, 2.05) is 36.4 Å². The third-order valence-electron chi connectivity index (χ3n) is 4.03. The number of fused-ring (bicyclic) bond motifs is 2. The minimum absolute atomic E-state index is 0.227. The van der Waals surface area contributed by atoms with Gasteiger partial charge in [-0.05, 0) is 41.5 Å². The number of ether oxygens (including phenoxy) is 1. The minimum Gasteiger partial charge on any atom is -0.464 e. The van der Waals surface area contributed by atoms with E-state index in [-0.39, 0.29) is 5.69 Å². The molecule has 0 amide bonds. The zero-order chi connectivity index (χ0) is 16.7. The van der Waals surface area contributed by atoms with Crippen molar-refractivity contribution in [1.29, 1.82) is 0 Å². The number of para-hydroxylation sites is 1. The van der Waals surface area contributed by atoms with Gasteiger partial charge in [-0.1, -0.05) is 18.2 Å². The van der Waals surface area contributed by atoms with Gasteiger partial charge in [-0.3, -0.25) is 0 Å². The zero-order valence-corrected chi connectivity index (χ0v) is 12.9. The van der Waals surface area contributed by atoms with Crippen molar-refractivity contribution in [2.45, 2.75) is 0 Å². The quantitative estimate of drug-likeness (QED) is 0.446. The molecule has 0 saturated carbocycles. The van der Waals surface area contributed by atoms with Crippen LogP contribution < -0.4 is 5.73 Å². The lowest BCUT2D eigenvalue weighted by Crippen LogP contribution is -2.06. The number of aromatic nitrogens is 1. The smallest absolute Gasteiger partial charge is 0.356 e. The first kappa shape index (κ1) is 14.3. The highest BCUT2D eigenvalue weighted by atomic mass is 16.5. The summed E-state index contributed by atoms with van der Waals surface area (Å²) >= 11 is 0. The molecule has 0 radical (unpaired) electrons. The first-order valence-corrected chi connectivity index (χ1v) is 7.42. The van der Waals surface area contributed by atoms with Crippen LogP contribution in [0.4, 0.5) is 5.69 Å². The molecule has 5 nitrogen and oxygen atoms in total. The second kappa shape index (κ2) is 5.38. The number of rotatable bonds is 2. The minimum atomic E-state index is -0.495. The Balaban J connectivity index is 2.05. The molecule has 4 aromatic rings. The van der Waals surface area contributed by atoms with E-state index < -0.39 is 5.97 Å². The Morgan fingerprint density at radius 1 is 1.17 bits per heavy atom. The van der Waals surface area contributed by atoms with E-state index in [4.69, 9.17) is 14.9 Å². The number of carbonyl (C=O) groups is 1. The van der Waals surface area contributed by atoms with Crippen molar-refractivity contribution < 1.29 is 13.9 Å². The molecule has 118 valence electrons. The van der Waals surface area contributed by atoms with Crippen LogP contribution in [-0.2, 0) is 4.74 Å². The zero-order valence-electron chi connectivity index (χ0n) is 12.9. The normalized spacial score (nSPS) is 11.0. The number of nitrogens with zero attached hydrogens (tertiary/aromatic N) is 1. The van der Waals surface area contributed by atoms with Crippen LogP contribution in [0, 0.1) is 0 Å². The van der Waals surface area contributed by atoms with Gasteiger partial charge in [-0.25, -0.2) is 9.78 Å². The molecule has 4 rings (SSSR count). The van der Waals surface area contributed by atoms with Crippen LogP contribution in [0.2, 0.25) is 0 Å². The Kier molecular flexibility index (Phi) is 3.20. The molecule has 0 saturated heterocycles. The lowest BCUT2D eigenvalue weighted by molar-refractivity contribution is 0.0594. The average molecular weight is 318 g/mol. The standard InChI is InChI=1S/C19H14N2O3/c1-23-19(22)16-10-14(13-3-2-4-15(20)18(13)21-16)11-5-6-17-12(9-11)7-8-24-17/h2-10H,20H2,1H3. The topological polar surface area (TPSA) is 78.3 Å². The van der Waals surface area contributed by atoms with Gasteiger partial charge < -0.3 is 14.9 Å². The largest absolute Gasteiger partial charge is 0.464 e. The van der Waals surface area contributed by atoms with Crippen molar-refractivity contribution in [2.24, 2.45) is 0 Å². The van der Waals surface area contributed by atoms with E-state index in [1.165, 1.54) is 7.11 Å². The number of hydrogen-bond donors (Lipinski definition) is 1. The number of anilines is 1. The van der Waals surface area contributed by atoms with E-state index in [1.54, 1.807) is 18.4 Å². The summed E-state index contributed by atoms with van der Waals surface area (Å²) in [7, 11) is 1.33. The first-order valence-electron chi connectivity index (χ1n) is 7.42. The fourth-order valence-corrected chi connectivity index (χ4v) is 2.85. The molecule has 2 heterocycles. The summed E-state index contributed by atoms with van der Waals surface area (Å²) in [6, 6.07) is 15.1. The second-order valence-corrected chi connectivity index (χ2v) is 5.46. The Hall–Kier alpha value is -3.34. The van der Waals surface area contributed by atoms with Crippen LogP contribution in [0.15, 0.2) is 59.2 Å². The fourth-order valence-electron chi connectivity index (χ4n) is 2.85. The maximum Gasteiger partial charge on any atom is 0.356 e. The van der Waals surface area contributed by atoms with Crippen LogP contribution in [-0.4, -0.2) is 18.1 Å². The Labute approximate surface area is 137 Å². The molecule has 0 aliphatic rings. The summed E-state index contributed by atoms with van der Waals surface area (Å²) in [5.74, 6) is -0.495. The molecule has 0 aliphatic heterocycles. The number of benzene rings is 2. The molecule has 2 N–H and O–H groups in total. The van der Waals surface area contributed by atoms with E-state index in [2.05, 4.69) is 4.98 Å². The Bertz CT molecular complexity index is 1080. The number of hydrogen-bond acceptors (Lipinski definition) is 5. The summed E-state index contributed by atoms with van der Waals surface area (Å²) in [5.41, 5.74) is 10.0. The molecule has 5 heteroatoms. The number of carbonyl (C=O) groups excluding carboxylic acids is 1. The van der Waals surface area contributed by atoms with Gasteiger partial charge in [0.15, 0.2) is 0 Å². The van der Waals surface area contributed by atoms with Gasteiger partial charge in [0.05, 0.1) is 24.6 Å². The summed E-state index contributed by atoms with van der Waals surface area (Å²) in [5, 5.41) is 1.87. The highest BCUT2D eigenvalue weighted by Crippen LogP contribution is 2.33. The molecule has 2 aromatic carbocycles. The third kappa shape index (κ3) is 2.18. The summed E-state index contributed by atoms with van der Waals surface area (Å²) in [4.78, 5) is 16.3. The van der Waals surface area contributed by atoms with Gasteiger partial charge in [-0.15, -0.1) is 0 Å². The van der Waals surface area contributed by atoms with Crippen LogP contribution >= 0.6 is 0 Å². The maximum absolute atomic E-state index is 12.0. The number of furan rings is 1. The van der Waals surface area contributed by atoms with Gasteiger partial charge in [0.25, 0.3) is 0 Å².